The molecule has 1 N–H and O–H groups in total. The number of aromatic nitrogens is 1. The lowest BCUT2D eigenvalue weighted by Crippen LogP contribution is -2.41. The quantitative estimate of drug-likeness (QED) is 0.255. The number of carbonyl (C=O) groups is 2. The largest absolute Gasteiger partial charge is 0.489 e. The van der Waals surface area contributed by atoms with Gasteiger partial charge >= 0.3 is 5.97 Å². The molecule has 0 unspecified atom stereocenters. The van der Waals surface area contributed by atoms with Crippen LogP contribution in [0, 0.1) is 0 Å². The van der Waals surface area contributed by atoms with Crippen molar-refractivity contribution in [2.45, 2.75) is 32.0 Å². The highest BCUT2D eigenvalue weighted by Crippen LogP contribution is 2.38. The highest BCUT2D eigenvalue weighted by molar-refractivity contribution is 6.36. The summed E-state index contributed by atoms with van der Waals surface area (Å²) < 4.78 is 18.8. The van der Waals surface area contributed by atoms with Crippen molar-refractivity contribution in [2.24, 2.45) is 0 Å². The molecule has 2 aliphatic rings. The summed E-state index contributed by atoms with van der Waals surface area (Å²) in [6, 6.07) is 15.1. The Morgan fingerprint density at radius 2 is 1.73 bits per heavy atom. The van der Waals surface area contributed by atoms with Crippen LogP contribution in [-0.2, 0) is 17.9 Å². The second kappa shape index (κ2) is 10.8. The van der Waals surface area contributed by atoms with Crippen LogP contribution in [0.15, 0.2) is 54.6 Å². The second-order valence-electron chi connectivity index (χ2n) is 9.62. The minimum absolute atomic E-state index is 0.110. The molecule has 0 saturated carbocycles. The van der Waals surface area contributed by atoms with Gasteiger partial charge in [0.25, 0.3) is 5.91 Å². The minimum atomic E-state index is -1.01. The highest BCUT2D eigenvalue weighted by atomic mass is 35.5. The van der Waals surface area contributed by atoms with Gasteiger partial charge < -0.3 is 28.8 Å². The topological polar surface area (TPSA) is 90.2 Å². The van der Waals surface area contributed by atoms with Crippen LogP contribution in [0.2, 0.25) is 15.1 Å². The molecule has 1 atom stereocenters. The first-order valence-corrected chi connectivity index (χ1v) is 13.7. The fourth-order valence-corrected chi connectivity index (χ4v) is 5.90. The summed E-state index contributed by atoms with van der Waals surface area (Å²) in [5.74, 6) is 0.321. The molecule has 1 fully saturated rings. The number of rotatable bonds is 7. The zero-order valence-electron chi connectivity index (χ0n) is 21.0. The van der Waals surface area contributed by atoms with Gasteiger partial charge in [-0.25, -0.2) is 4.79 Å². The summed E-state index contributed by atoms with van der Waals surface area (Å²) in [5, 5.41) is 11.9. The van der Waals surface area contributed by atoms with Crippen molar-refractivity contribution < 1.29 is 28.9 Å². The highest BCUT2D eigenvalue weighted by Gasteiger charge is 2.36. The Hall–Kier alpha value is -3.59. The molecule has 1 amide bonds. The molecule has 0 bridgehead atoms. The number of fused-ring (bicyclic) bond motifs is 2. The molecule has 3 aromatic carbocycles. The number of carbonyl (C=O) groups excluding carboxylic acids is 1. The van der Waals surface area contributed by atoms with Gasteiger partial charge in [-0.3, -0.25) is 4.79 Å². The molecule has 8 nitrogen and oxygen atoms in total. The van der Waals surface area contributed by atoms with Crippen molar-refractivity contribution in [3.05, 3.63) is 86.5 Å². The fraction of sp³-hybridized carbons (Fsp3) is 0.241. The Morgan fingerprint density at radius 1 is 0.975 bits per heavy atom. The summed E-state index contributed by atoms with van der Waals surface area (Å²) in [6.07, 6.45) is 1.04. The summed E-state index contributed by atoms with van der Waals surface area (Å²) in [6.45, 7) is 0.895. The van der Waals surface area contributed by atoms with Crippen LogP contribution < -0.4 is 14.2 Å². The predicted octanol–water partition coefficient (Wildman–Crippen LogP) is 6.65. The van der Waals surface area contributed by atoms with Crippen LogP contribution >= 0.6 is 34.8 Å². The smallest absolute Gasteiger partial charge is 0.326 e. The molecule has 1 saturated heterocycles. The van der Waals surface area contributed by atoms with Crippen molar-refractivity contribution in [3.63, 3.8) is 0 Å². The average molecular weight is 602 g/mol. The van der Waals surface area contributed by atoms with Crippen molar-refractivity contribution >= 4 is 57.6 Å². The molecule has 1 aromatic heterocycles. The first kappa shape index (κ1) is 26.6. The molecule has 6 rings (SSSR count). The maximum absolute atomic E-state index is 13.8. The van der Waals surface area contributed by atoms with Crippen LogP contribution in [0.25, 0.3) is 10.9 Å². The Kier molecular flexibility index (Phi) is 7.16. The van der Waals surface area contributed by atoms with Gasteiger partial charge in [-0.2, -0.15) is 0 Å². The predicted molar refractivity (Wildman–Crippen MR) is 151 cm³/mol. The number of hydrogen-bond donors (Lipinski definition) is 1. The summed E-state index contributed by atoms with van der Waals surface area (Å²) in [4.78, 5) is 27.1. The maximum atomic E-state index is 13.8. The Labute approximate surface area is 244 Å². The van der Waals surface area contributed by atoms with E-state index < -0.39 is 12.0 Å². The van der Waals surface area contributed by atoms with Crippen molar-refractivity contribution in [1.82, 2.24) is 9.47 Å². The zero-order valence-corrected chi connectivity index (χ0v) is 23.3. The lowest BCUT2D eigenvalue weighted by atomic mass is 10.2. The molecular formula is C29H23Cl3N2O6. The van der Waals surface area contributed by atoms with Gasteiger partial charge in [-0.15, -0.1) is 0 Å². The Morgan fingerprint density at radius 3 is 2.48 bits per heavy atom. The monoisotopic (exact) mass is 600 g/mol. The number of halogens is 3. The van der Waals surface area contributed by atoms with Crippen LogP contribution in [0.1, 0.15) is 34.5 Å². The van der Waals surface area contributed by atoms with Crippen molar-refractivity contribution in [1.29, 1.82) is 0 Å². The van der Waals surface area contributed by atoms with E-state index in [2.05, 4.69) is 0 Å². The number of amides is 1. The van der Waals surface area contributed by atoms with Gasteiger partial charge in [0.1, 0.15) is 24.1 Å². The van der Waals surface area contributed by atoms with Crippen LogP contribution in [0.3, 0.4) is 0 Å². The second-order valence-corrected chi connectivity index (χ2v) is 10.8. The maximum Gasteiger partial charge on any atom is 0.326 e. The summed E-state index contributed by atoms with van der Waals surface area (Å²) >= 11 is 19.2. The molecule has 11 heteroatoms. The van der Waals surface area contributed by atoms with Gasteiger partial charge in [-0.1, -0.05) is 40.9 Å². The van der Waals surface area contributed by atoms with Crippen LogP contribution in [0.4, 0.5) is 0 Å². The fourth-order valence-electron chi connectivity index (χ4n) is 5.18. The lowest BCUT2D eigenvalue weighted by molar-refractivity contribution is -0.141. The van der Waals surface area contributed by atoms with E-state index in [0.29, 0.717) is 63.0 Å². The van der Waals surface area contributed by atoms with E-state index in [0.717, 1.165) is 16.5 Å². The van der Waals surface area contributed by atoms with Gasteiger partial charge in [0.15, 0.2) is 11.5 Å². The third kappa shape index (κ3) is 4.91. The lowest BCUT2D eigenvalue weighted by Gasteiger charge is -2.22. The number of likely N-dealkylation sites (tertiary alicyclic amines) is 1. The van der Waals surface area contributed by atoms with E-state index in [9.17, 15) is 14.7 Å². The van der Waals surface area contributed by atoms with E-state index in [1.807, 2.05) is 16.7 Å². The van der Waals surface area contributed by atoms with Crippen molar-refractivity contribution in [2.75, 3.05) is 13.3 Å². The normalized spacial score (nSPS) is 16.1. The number of hydrogen-bond acceptors (Lipinski definition) is 5. The summed E-state index contributed by atoms with van der Waals surface area (Å²) in [7, 11) is 0. The number of carboxylic acid groups (broad SMARTS) is 1. The number of benzene rings is 3. The van der Waals surface area contributed by atoms with Gasteiger partial charge in [0.2, 0.25) is 6.79 Å². The standard InChI is InChI=1S/C29H23Cl3N2O6/c30-20-3-1-4-21(31)19(20)14-38-18-6-7-23-16(9-18)10-25(28(35)33-8-2-5-24(33)29(36)37)34(23)13-17-11-26-27(12-22(17)32)40-15-39-26/h1,3-4,6-7,9-12,24H,2,5,8,13-15H2,(H,36,37)/t24-/m0/s1. The number of carboxylic acids is 1. The Bertz CT molecular complexity index is 1630. The molecule has 0 aliphatic carbocycles. The number of ether oxygens (including phenoxy) is 3. The number of aliphatic carboxylic acids is 1. The van der Waals surface area contributed by atoms with E-state index in [1.54, 1.807) is 42.5 Å². The molecule has 206 valence electrons. The van der Waals surface area contributed by atoms with Crippen LogP contribution in [-0.4, -0.2) is 45.8 Å². The molecular weight excluding hydrogens is 579 g/mol. The van der Waals surface area contributed by atoms with E-state index >= 15 is 0 Å². The third-order valence-electron chi connectivity index (χ3n) is 7.21. The van der Waals surface area contributed by atoms with Gasteiger partial charge in [0, 0.05) is 50.7 Å². The van der Waals surface area contributed by atoms with Crippen molar-refractivity contribution in [3.8, 4) is 17.2 Å². The zero-order chi connectivity index (χ0) is 28.0. The molecule has 3 heterocycles. The van der Waals surface area contributed by atoms with E-state index in [1.165, 1.54) is 4.90 Å². The minimum Gasteiger partial charge on any atom is -0.489 e. The Balaban J connectivity index is 1.38. The first-order valence-electron chi connectivity index (χ1n) is 12.6. The average Bonchev–Trinajstić information content (AvgIpc) is 3.67. The molecule has 4 aromatic rings. The molecule has 0 radical (unpaired) electrons. The van der Waals surface area contributed by atoms with Gasteiger partial charge in [0.05, 0.1) is 0 Å². The van der Waals surface area contributed by atoms with Crippen LogP contribution in [0.5, 0.6) is 17.2 Å². The molecule has 40 heavy (non-hydrogen) atoms. The summed E-state index contributed by atoms with van der Waals surface area (Å²) in [5.41, 5.74) is 2.50. The van der Waals surface area contributed by atoms with E-state index in [4.69, 9.17) is 49.0 Å². The van der Waals surface area contributed by atoms with Gasteiger partial charge in [-0.05, 0) is 60.9 Å². The molecule has 0 spiro atoms. The first-order chi connectivity index (χ1) is 19.3. The van der Waals surface area contributed by atoms with E-state index in [-0.39, 0.29) is 25.9 Å². The number of nitrogens with zero attached hydrogens (tertiary/aromatic N) is 2. The molecule has 2 aliphatic heterocycles. The third-order valence-corrected chi connectivity index (χ3v) is 8.27. The SMILES string of the molecule is O=C(O)[C@@H]1CCCN1C(=O)c1cc2cc(OCc3c(Cl)cccc3Cl)ccc2n1Cc1cc2c(cc1Cl)OCO2.